The summed E-state index contributed by atoms with van der Waals surface area (Å²) in [6, 6.07) is 2.01. The molecule has 0 aliphatic heterocycles. The van der Waals surface area contributed by atoms with Gasteiger partial charge in [0.05, 0.1) is 11.4 Å². The van der Waals surface area contributed by atoms with Crippen LogP contribution in [0, 0.1) is 6.92 Å². The first-order valence-corrected chi connectivity index (χ1v) is 4.36. The summed E-state index contributed by atoms with van der Waals surface area (Å²) in [7, 11) is 0. The number of hydrogen-bond donors (Lipinski definition) is 1. The van der Waals surface area contributed by atoms with Gasteiger partial charge in [-0.1, -0.05) is 0 Å². The van der Waals surface area contributed by atoms with Crippen molar-refractivity contribution in [2.75, 3.05) is 11.9 Å². The molecule has 0 bridgehead atoms. The highest BCUT2D eigenvalue weighted by Crippen LogP contribution is 2.14. The van der Waals surface area contributed by atoms with E-state index in [9.17, 15) is 0 Å². The second-order valence-electron chi connectivity index (χ2n) is 2.93. The average Bonchev–Trinajstić information content (AvgIpc) is 2.52. The van der Waals surface area contributed by atoms with Crippen LogP contribution in [0.1, 0.15) is 12.6 Å². The van der Waals surface area contributed by atoms with Crippen molar-refractivity contribution in [1.82, 2.24) is 14.6 Å². The Bertz CT molecular complexity index is 418. The maximum absolute atomic E-state index is 4.29. The first-order chi connectivity index (χ1) is 6.31. The zero-order valence-corrected chi connectivity index (χ0v) is 7.78. The smallest absolute Gasteiger partial charge is 0.176 e. The van der Waals surface area contributed by atoms with Crippen molar-refractivity contribution >= 4 is 11.3 Å². The highest BCUT2D eigenvalue weighted by atomic mass is 15.3. The minimum atomic E-state index is 0.882. The van der Waals surface area contributed by atoms with Crippen molar-refractivity contribution in [2.45, 2.75) is 13.8 Å². The van der Waals surface area contributed by atoms with Gasteiger partial charge >= 0.3 is 0 Å². The number of nitrogens with zero attached hydrogens (tertiary/aromatic N) is 3. The standard InChI is InChI=1S/C9H12N4/c1-3-10-8-6-7(2)12-13-5-4-11-9(8)13/h4-6,10H,3H2,1-2H3. The molecule has 0 aliphatic rings. The van der Waals surface area contributed by atoms with Crippen LogP contribution in [0.5, 0.6) is 0 Å². The number of aromatic nitrogens is 3. The van der Waals surface area contributed by atoms with E-state index in [4.69, 9.17) is 0 Å². The van der Waals surface area contributed by atoms with E-state index in [0.717, 1.165) is 23.6 Å². The summed E-state index contributed by atoms with van der Waals surface area (Å²) in [5.74, 6) is 0. The molecule has 2 aromatic heterocycles. The molecule has 0 aliphatic carbocycles. The molecule has 0 unspecified atom stereocenters. The molecule has 0 aromatic carbocycles. The van der Waals surface area contributed by atoms with Crippen LogP contribution in [0.15, 0.2) is 18.5 Å². The third-order valence-corrected chi connectivity index (χ3v) is 1.85. The highest BCUT2D eigenvalue weighted by molar-refractivity contribution is 5.66. The second-order valence-corrected chi connectivity index (χ2v) is 2.93. The molecular weight excluding hydrogens is 164 g/mol. The minimum absolute atomic E-state index is 0.882. The van der Waals surface area contributed by atoms with E-state index in [1.54, 1.807) is 10.7 Å². The van der Waals surface area contributed by atoms with E-state index in [1.807, 2.05) is 19.2 Å². The van der Waals surface area contributed by atoms with Crippen LogP contribution in [0.4, 0.5) is 5.69 Å². The largest absolute Gasteiger partial charge is 0.382 e. The van der Waals surface area contributed by atoms with E-state index in [-0.39, 0.29) is 0 Å². The molecule has 4 heteroatoms. The minimum Gasteiger partial charge on any atom is -0.382 e. The Hall–Kier alpha value is -1.58. The zero-order valence-electron chi connectivity index (χ0n) is 7.78. The van der Waals surface area contributed by atoms with Gasteiger partial charge in [0.15, 0.2) is 5.65 Å². The first kappa shape index (κ1) is 8.04. The number of imidazole rings is 1. The number of hydrogen-bond acceptors (Lipinski definition) is 3. The molecule has 0 atom stereocenters. The van der Waals surface area contributed by atoms with E-state index in [1.165, 1.54) is 0 Å². The van der Waals surface area contributed by atoms with Crippen molar-refractivity contribution in [1.29, 1.82) is 0 Å². The summed E-state index contributed by atoms with van der Waals surface area (Å²) >= 11 is 0. The van der Waals surface area contributed by atoms with Crippen LogP contribution >= 0.6 is 0 Å². The molecule has 68 valence electrons. The van der Waals surface area contributed by atoms with Gasteiger partial charge in [0.25, 0.3) is 0 Å². The molecule has 2 rings (SSSR count). The zero-order chi connectivity index (χ0) is 9.26. The summed E-state index contributed by atoms with van der Waals surface area (Å²) < 4.78 is 1.79. The van der Waals surface area contributed by atoms with Gasteiger partial charge in [-0.25, -0.2) is 9.50 Å². The van der Waals surface area contributed by atoms with Crippen LogP contribution in [0.25, 0.3) is 5.65 Å². The monoisotopic (exact) mass is 176 g/mol. The molecule has 0 saturated heterocycles. The number of anilines is 1. The maximum atomic E-state index is 4.29. The number of nitrogens with one attached hydrogen (secondary N) is 1. The second kappa shape index (κ2) is 3.05. The van der Waals surface area contributed by atoms with Crippen molar-refractivity contribution < 1.29 is 0 Å². The van der Waals surface area contributed by atoms with Crippen molar-refractivity contribution in [3.05, 3.63) is 24.2 Å². The lowest BCUT2D eigenvalue weighted by atomic mass is 10.3. The SMILES string of the molecule is CCNc1cc(C)nn2ccnc12. The summed E-state index contributed by atoms with van der Waals surface area (Å²) in [6.45, 7) is 4.93. The lowest BCUT2D eigenvalue weighted by molar-refractivity contribution is 0.900. The van der Waals surface area contributed by atoms with Crippen molar-refractivity contribution in [3.63, 3.8) is 0 Å². The van der Waals surface area contributed by atoms with Gasteiger partial charge in [0.1, 0.15) is 0 Å². The maximum Gasteiger partial charge on any atom is 0.176 e. The van der Waals surface area contributed by atoms with E-state index in [2.05, 4.69) is 22.3 Å². The van der Waals surface area contributed by atoms with Crippen LogP contribution in [0.2, 0.25) is 0 Å². The fourth-order valence-corrected chi connectivity index (χ4v) is 1.36. The Morgan fingerprint density at radius 2 is 2.38 bits per heavy atom. The van der Waals surface area contributed by atoms with Gasteiger partial charge in [-0.3, -0.25) is 0 Å². The predicted octanol–water partition coefficient (Wildman–Crippen LogP) is 1.47. The molecular formula is C9H12N4. The van der Waals surface area contributed by atoms with Gasteiger partial charge in [0.2, 0.25) is 0 Å². The Labute approximate surface area is 76.6 Å². The Balaban J connectivity index is 2.63. The molecule has 2 aromatic rings. The van der Waals surface area contributed by atoms with Crippen LogP contribution in [0.3, 0.4) is 0 Å². The summed E-state index contributed by atoms with van der Waals surface area (Å²) in [5, 5.41) is 7.55. The van der Waals surface area contributed by atoms with Crippen LogP contribution in [-0.2, 0) is 0 Å². The first-order valence-electron chi connectivity index (χ1n) is 4.36. The lowest BCUT2D eigenvalue weighted by Gasteiger charge is -2.05. The summed E-state index contributed by atoms with van der Waals surface area (Å²) in [6.07, 6.45) is 3.60. The summed E-state index contributed by atoms with van der Waals surface area (Å²) in [4.78, 5) is 4.22. The average molecular weight is 176 g/mol. The predicted molar refractivity (Wildman–Crippen MR) is 51.9 cm³/mol. The Morgan fingerprint density at radius 3 is 3.15 bits per heavy atom. The number of fused-ring (bicyclic) bond motifs is 1. The topological polar surface area (TPSA) is 42.2 Å². The number of rotatable bonds is 2. The Kier molecular flexibility index (Phi) is 1.88. The van der Waals surface area contributed by atoms with Crippen molar-refractivity contribution in [3.8, 4) is 0 Å². The van der Waals surface area contributed by atoms with Gasteiger partial charge in [-0.15, -0.1) is 0 Å². The molecule has 0 spiro atoms. The fourth-order valence-electron chi connectivity index (χ4n) is 1.36. The van der Waals surface area contributed by atoms with Gasteiger partial charge in [0, 0.05) is 18.9 Å². The van der Waals surface area contributed by atoms with Crippen LogP contribution < -0.4 is 5.32 Å². The molecule has 13 heavy (non-hydrogen) atoms. The number of aryl methyl sites for hydroxylation is 1. The van der Waals surface area contributed by atoms with E-state index in [0.29, 0.717) is 0 Å². The Morgan fingerprint density at radius 1 is 1.54 bits per heavy atom. The molecule has 0 saturated carbocycles. The molecule has 0 amide bonds. The van der Waals surface area contributed by atoms with Gasteiger partial charge in [-0.05, 0) is 19.9 Å². The van der Waals surface area contributed by atoms with E-state index >= 15 is 0 Å². The molecule has 2 heterocycles. The van der Waals surface area contributed by atoms with Gasteiger partial charge < -0.3 is 5.32 Å². The molecule has 4 nitrogen and oxygen atoms in total. The van der Waals surface area contributed by atoms with Gasteiger partial charge in [-0.2, -0.15) is 5.10 Å². The fraction of sp³-hybridized carbons (Fsp3) is 0.333. The quantitative estimate of drug-likeness (QED) is 0.753. The highest BCUT2D eigenvalue weighted by Gasteiger charge is 2.02. The third-order valence-electron chi connectivity index (χ3n) is 1.85. The van der Waals surface area contributed by atoms with Crippen LogP contribution in [-0.4, -0.2) is 21.1 Å². The molecule has 0 radical (unpaired) electrons. The molecule has 1 N–H and O–H groups in total. The third kappa shape index (κ3) is 1.35. The van der Waals surface area contributed by atoms with Crippen molar-refractivity contribution in [2.24, 2.45) is 0 Å². The summed E-state index contributed by atoms with van der Waals surface area (Å²) in [5.41, 5.74) is 2.91. The normalized spacial score (nSPS) is 10.6. The molecule has 0 fully saturated rings. The lowest BCUT2D eigenvalue weighted by Crippen LogP contribution is -2.02. The van der Waals surface area contributed by atoms with E-state index < -0.39 is 0 Å².